The first kappa shape index (κ1) is 17.4. The minimum Gasteiger partial charge on any atom is -0.488 e. The molecule has 0 saturated heterocycles. The molecular weight excluding hydrogens is 354 g/mol. The van der Waals surface area contributed by atoms with Crippen molar-refractivity contribution >= 4 is 11.3 Å². The summed E-state index contributed by atoms with van der Waals surface area (Å²) < 4.78 is 56.6. The van der Waals surface area contributed by atoms with Gasteiger partial charge >= 0.3 is 6.18 Å². The monoisotopic (exact) mass is 367 g/mol. The van der Waals surface area contributed by atoms with Crippen LogP contribution in [-0.4, -0.2) is 4.98 Å². The Morgan fingerprint density at radius 3 is 2.44 bits per heavy atom. The van der Waals surface area contributed by atoms with E-state index in [9.17, 15) is 17.6 Å². The van der Waals surface area contributed by atoms with Crippen LogP contribution in [0, 0.1) is 12.7 Å². The molecule has 0 amide bonds. The fourth-order valence-corrected chi connectivity index (χ4v) is 3.17. The highest BCUT2D eigenvalue weighted by molar-refractivity contribution is 7.15. The van der Waals surface area contributed by atoms with Gasteiger partial charge < -0.3 is 4.74 Å². The van der Waals surface area contributed by atoms with Gasteiger partial charge in [-0.3, -0.25) is 0 Å². The van der Waals surface area contributed by atoms with E-state index in [1.54, 1.807) is 19.1 Å². The molecule has 0 aliphatic heterocycles. The molecular formula is C18H13F4NOS. The van der Waals surface area contributed by atoms with E-state index >= 15 is 0 Å². The molecule has 0 fully saturated rings. The molecule has 0 saturated carbocycles. The quantitative estimate of drug-likeness (QED) is 0.539. The summed E-state index contributed by atoms with van der Waals surface area (Å²) in [5, 5.41) is 0.615. The molecule has 3 rings (SSSR count). The topological polar surface area (TPSA) is 22.1 Å². The Kier molecular flexibility index (Phi) is 4.76. The minimum atomic E-state index is -4.36. The van der Waals surface area contributed by atoms with Crippen molar-refractivity contribution in [3.63, 3.8) is 0 Å². The summed E-state index contributed by atoms with van der Waals surface area (Å²) in [5.74, 6) is 0.0212. The Bertz CT molecular complexity index is 872. The molecule has 1 aromatic heterocycles. The molecule has 7 heteroatoms. The van der Waals surface area contributed by atoms with Crippen molar-refractivity contribution in [3.05, 3.63) is 70.5 Å². The van der Waals surface area contributed by atoms with Crippen LogP contribution in [0.25, 0.3) is 10.6 Å². The summed E-state index contributed by atoms with van der Waals surface area (Å²) in [4.78, 5) is 5.22. The van der Waals surface area contributed by atoms with E-state index in [2.05, 4.69) is 4.98 Å². The van der Waals surface area contributed by atoms with Crippen LogP contribution in [0.1, 0.15) is 16.1 Å². The number of nitrogens with zero attached hydrogens (tertiary/aromatic N) is 1. The number of aromatic nitrogens is 1. The smallest absolute Gasteiger partial charge is 0.416 e. The van der Waals surface area contributed by atoms with Crippen LogP contribution in [0.3, 0.4) is 0 Å². The summed E-state index contributed by atoms with van der Waals surface area (Å²) in [6.45, 7) is 2.02. The molecule has 130 valence electrons. The molecule has 1 heterocycles. The summed E-state index contributed by atoms with van der Waals surface area (Å²) in [5.41, 5.74) is 0.647. The van der Waals surface area contributed by atoms with Crippen molar-refractivity contribution in [2.75, 3.05) is 0 Å². The van der Waals surface area contributed by atoms with E-state index in [4.69, 9.17) is 4.74 Å². The van der Waals surface area contributed by atoms with Gasteiger partial charge in [0.2, 0.25) is 0 Å². The van der Waals surface area contributed by atoms with Crippen LogP contribution in [0.2, 0.25) is 0 Å². The lowest BCUT2D eigenvalue weighted by Crippen LogP contribution is -2.03. The number of ether oxygens (including phenoxy) is 1. The van der Waals surface area contributed by atoms with Gasteiger partial charge in [-0.05, 0) is 31.2 Å². The van der Waals surface area contributed by atoms with Gasteiger partial charge in [0, 0.05) is 11.6 Å². The highest BCUT2D eigenvalue weighted by Gasteiger charge is 2.30. The maximum Gasteiger partial charge on any atom is 0.416 e. The number of hydrogen-bond acceptors (Lipinski definition) is 3. The number of thiazole rings is 1. The van der Waals surface area contributed by atoms with Gasteiger partial charge in [-0.15, -0.1) is 11.3 Å². The first-order chi connectivity index (χ1) is 11.8. The van der Waals surface area contributed by atoms with Crippen molar-refractivity contribution in [3.8, 4) is 16.3 Å². The van der Waals surface area contributed by atoms with E-state index in [1.807, 2.05) is 0 Å². The van der Waals surface area contributed by atoms with E-state index in [0.29, 0.717) is 16.3 Å². The SMILES string of the molecule is Cc1nc(-c2ccc(C(F)(F)F)cc2)sc1COc1cccc(F)c1. The second-order valence-corrected chi connectivity index (χ2v) is 6.43. The zero-order valence-electron chi connectivity index (χ0n) is 13.1. The molecule has 0 atom stereocenters. The average molecular weight is 367 g/mol. The van der Waals surface area contributed by atoms with Gasteiger partial charge in [0.1, 0.15) is 23.2 Å². The summed E-state index contributed by atoms with van der Waals surface area (Å²) in [6.07, 6.45) is -4.36. The number of benzene rings is 2. The van der Waals surface area contributed by atoms with E-state index in [1.165, 1.54) is 35.6 Å². The second kappa shape index (κ2) is 6.84. The molecule has 0 unspecified atom stereocenters. The third kappa shape index (κ3) is 4.17. The first-order valence-electron chi connectivity index (χ1n) is 7.35. The molecule has 0 bridgehead atoms. The third-order valence-corrected chi connectivity index (χ3v) is 4.70. The highest BCUT2D eigenvalue weighted by atomic mass is 32.1. The molecule has 2 nitrogen and oxygen atoms in total. The number of rotatable bonds is 4. The van der Waals surface area contributed by atoms with Crippen LogP contribution in [0.15, 0.2) is 48.5 Å². The van der Waals surface area contributed by atoms with E-state index < -0.39 is 11.7 Å². The van der Waals surface area contributed by atoms with Crippen LogP contribution >= 0.6 is 11.3 Å². The number of hydrogen-bond donors (Lipinski definition) is 0. The maximum atomic E-state index is 13.1. The van der Waals surface area contributed by atoms with Gasteiger partial charge in [-0.2, -0.15) is 13.2 Å². The lowest BCUT2D eigenvalue weighted by atomic mass is 10.1. The van der Waals surface area contributed by atoms with Crippen LogP contribution in [-0.2, 0) is 12.8 Å². The molecule has 2 aromatic carbocycles. The second-order valence-electron chi connectivity index (χ2n) is 5.35. The lowest BCUT2D eigenvalue weighted by Gasteiger charge is -2.06. The molecule has 0 radical (unpaired) electrons. The lowest BCUT2D eigenvalue weighted by molar-refractivity contribution is -0.137. The normalized spacial score (nSPS) is 11.6. The fraction of sp³-hybridized carbons (Fsp3) is 0.167. The number of alkyl halides is 3. The third-order valence-electron chi connectivity index (χ3n) is 3.52. The van der Waals surface area contributed by atoms with Crippen molar-refractivity contribution < 1.29 is 22.3 Å². The van der Waals surface area contributed by atoms with Crippen LogP contribution in [0.5, 0.6) is 5.75 Å². The predicted molar refractivity (Wildman–Crippen MR) is 88.0 cm³/mol. The first-order valence-corrected chi connectivity index (χ1v) is 8.17. The predicted octanol–water partition coefficient (Wildman–Crippen LogP) is 5.86. The van der Waals surface area contributed by atoms with Gasteiger partial charge in [0.15, 0.2) is 0 Å². The maximum absolute atomic E-state index is 13.1. The molecule has 0 aliphatic rings. The summed E-state index contributed by atoms with van der Waals surface area (Å²) >= 11 is 1.34. The number of aryl methyl sites for hydroxylation is 1. The Morgan fingerprint density at radius 1 is 1.08 bits per heavy atom. The molecule has 0 aliphatic carbocycles. The highest BCUT2D eigenvalue weighted by Crippen LogP contribution is 2.33. The van der Waals surface area contributed by atoms with Gasteiger partial charge in [0.25, 0.3) is 0 Å². The van der Waals surface area contributed by atoms with E-state index in [-0.39, 0.29) is 12.4 Å². The molecule has 0 spiro atoms. The van der Waals surface area contributed by atoms with Gasteiger partial charge in [-0.25, -0.2) is 9.37 Å². The standard InChI is InChI=1S/C18H13F4NOS/c1-11-16(10-24-15-4-2-3-14(19)9-15)25-17(23-11)12-5-7-13(8-6-12)18(20,21)22/h2-9H,10H2,1H3. The van der Waals surface area contributed by atoms with Gasteiger partial charge in [0.05, 0.1) is 16.1 Å². The molecule has 0 N–H and O–H groups in total. The molecule has 3 aromatic rings. The van der Waals surface area contributed by atoms with Crippen molar-refractivity contribution in [1.82, 2.24) is 4.98 Å². The largest absolute Gasteiger partial charge is 0.488 e. The van der Waals surface area contributed by atoms with E-state index in [0.717, 1.165) is 22.7 Å². The number of halogens is 4. The summed E-state index contributed by atoms with van der Waals surface area (Å²) in [7, 11) is 0. The Morgan fingerprint density at radius 2 is 1.80 bits per heavy atom. The van der Waals surface area contributed by atoms with Gasteiger partial charge in [-0.1, -0.05) is 18.2 Å². The van der Waals surface area contributed by atoms with Crippen molar-refractivity contribution in [2.45, 2.75) is 19.7 Å². The zero-order chi connectivity index (χ0) is 18.0. The van der Waals surface area contributed by atoms with Crippen molar-refractivity contribution in [2.24, 2.45) is 0 Å². The Labute approximate surface area is 145 Å². The average Bonchev–Trinajstić information content (AvgIpc) is 2.93. The molecule has 25 heavy (non-hydrogen) atoms. The Balaban J connectivity index is 1.76. The minimum absolute atomic E-state index is 0.216. The summed E-state index contributed by atoms with van der Waals surface area (Å²) in [6, 6.07) is 10.7. The van der Waals surface area contributed by atoms with Crippen LogP contribution < -0.4 is 4.74 Å². The fourth-order valence-electron chi connectivity index (χ4n) is 2.19. The van der Waals surface area contributed by atoms with Crippen molar-refractivity contribution in [1.29, 1.82) is 0 Å². The zero-order valence-corrected chi connectivity index (χ0v) is 13.9. The Hall–Kier alpha value is -2.41. The van der Waals surface area contributed by atoms with Crippen LogP contribution in [0.4, 0.5) is 17.6 Å².